The zero-order valence-corrected chi connectivity index (χ0v) is 8.93. The third kappa shape index (κ3) is 2.48. The lowest BCUT2D eigenvalue weighted by atomic mass is 10.1. The van der Waals surface area contributed by atoms with Crippen molar-refractivity contribution in [3.63, 3.8) is 0 Å². The molecule has 0 unspecified atom stereocenters. The van der Waals surface area contributed by atoms with Crippen LogP contribution in [-0.4, -0.2) is 10.9 Å². The van der Waals surface area contributed by atoms with E-state index in [1.54, 1.807) is 0 Å². The quantitative estimate of drug-likeness (QED) is 0.852. The molecular formula is C12H12N2O2. The van der Waals surface area contributed by atoms with E-state index in [-0.39, 0.29) is 5.91 Å². The second-order valence-corrected chi connectivity index (χ2v) is 3.55. The van der Waals surface area contributed by atoms with E-state index in [9.17, 15) is 4.79 Å². The van der Waals surface area contributed by atoms with Gasteiger partial charge in [0, 0.05) is 6.54 Å². The van der Waals surface area contributed by atoms with Gasteiger partial charge in [-0.1, -0.05) is 29.8 Å². The van der Waals surface area contributed by atoms with Crippen molar-refractivity contribution in [1.82, 2.24) is 10.3 Å². The van der Waals surface area contributed by atoms with Crippen LogP contribution >= 0.6 is 0 Å². The van der Waals surface area contributed by atoms with Gasteiger partial charge in [0.1, 0.15) is 6.26 Å². The van der Waals surface area contributed by atoms with Crippen molar-refractivity contribution < 1.29 is 9.21 Å². The first kappa shape index (κ1) is 10.4. The zero-order valence-electron chi connectivity index (χ0n) is 8.93. The maximum atomic E-state index is 11.5. The molecule has 2 aromatic rings. The topological polar surface area (TPSA) is 55.1 Å². The second-order valence-electron chi connectivity index (χ2n) is 3.55. The molecule has 0 saturated heterocycles. The molecule has 0 saturated carbocycles. The molecule has 1 aromatic carbocycles. The highest BCUT2D eigenvalue weighted by Crippen LogP contribution is 2.03. The first-order chi connectivity index (χ1) is 7.75. The molecule has 1 amide bonds. The van der Waals surface area contributed by atoms with Gasteiger partial charge in [0.05, 0.1) is 0 Å². The van der Waals surface area contributed by atoms with Crippen LogP contribution < -0.4 is 5.32 Å². The number of aromatic nitrogens is 1. The monoisotopic (exact) mass is 216 g/mol. The van der Waals surface area contributed by atoms with E-state index in [1.165, 1.54) is 18.2 Å². The van der Waals surface area contributed by atoms with Gasteiger partial charge < -0.3 is 9.73 Å². The number of nitrogens with one attached hydrogen (secondary N) is 1. The van der Waals surface area contributed by atoms with Crippen molar-refractivity contribution in [2.75, 3.05) is 0 Å². The van der Waals surface area contributed by atoms with Crippen LogP contribution in [0.4, 0.5) is 0 Å². The fraction of sp³-hybridized carbons (Fsp3) is 0.167. The second kappa shape index (κ2) is 4.61. The van der Waals surface area contributed by atoms with Crippen molar-refractivity contribution in [2.24, 2.45) is 0 Å². The van der Waals surface area contributed by atoms with E-state index in [1.807, 2.05) is 31.2 Å². The molecule has 0 aliphatic rings. The summed E-state index contributed by atoms with van der Waals surface area (Å²) < 4.78 is 4.73. The first-order valence-corrected chi connectivity index (χ1v) is 4.97. The Labute approximate surface area is 93.3 Å². The van der Waals surface area contributed by atoms with Crippen LogP contribution in [0.2, 0.25) is 0 Å². The SMILES string of the molecule is Cc1cccc(CNC(=O)c2cocn2)c1. The lowest BCUT2D eigenvalue weighted by Crippen LogP contribution is -2.23. The van der Waals surface area contributed by atoms with Gasteiger partial charge in [-0.05, 0) is 12.5 Å². The van der Waals surface area contributed by atoms with Crippen LogP contribution in [0.1, 0.15) is 21.6 Å². The molecule has 0 aliphatic carbocycles. The molecule has 4 heteroatoms. The molecule has 1 heterocycles. The molecule has 1 aromatic heterocycles. The largest absolute Gasteiger partial charge is 0.451 e. The summed E-state index contributed by atoms with van der Waals surface area (Å²) in [7, 11) is 0. The first-order valence-electron chi connectivity index (χ1n) is 4.97. The number of oxazole rings is 1. The number of aryl methyl sites for hydroxylation is 1. The van der Waals surface area contributed by atoms with Crippen LogP contribution in [0.5, 0.6) is 0 Å². The fourth-order valence-electron chi connectivity index (χ4n) is 1.42. The molecule has 0 radical (unpaired) electrons. The molecule has 0 bridgehead atoms. The molecule has 0 aliphatic heterocycles. The lowest BCUT2D eigenvalue weighted by Gasteiger charge is -2.03. The van der Waals surface area contributed by atoms with Gasteiger partial charge in [0.2, 0.25) is 0 Å². The van der Waals surface area contributed by atoms with Crippen molar-refractivity contribution in [3.05, 3.63) is 53.7 Å². The normalized spacial score (nSPS) is 10.1. The Balaban J connectivity index is 1.95. The minimum absolute atomic E-state index is 0.227. The number of amides is 1. The van der Waals surface area contributed by atoms with Crippen LogP contribution in [0, 0.1) is 6.92 Å². The summed E-state index contributed by atoms with van der Waals surface area (Å²) in [6, 6.07) is 7.98. The van der Waals surface area contributed by atoms with Gasteiger partial charge in [-0.3, -0.25) is 4.79 Å². The van der Waals surface area contributed by atoms with Crippen LogP contribution in [0.25, 0.3) is 0 Å². The number of hydrogen-bond acceptors (Lipinski definition) is 3. The average molecular weight is 216 g/mol. The van der Waals surface area contributed by atoms with Crippen molar-refractivity contribution in [2.45, 2.75) is 13.5 Å². The van der Waals surface area contributed by atoms with Crippen LogP contribution in [-0.2, 0) is 6.54 Å². The van der Waals surface area contributed by atoms with Crippen LogP contribution in [0.15, 0.2) is 41.3 Å². The van der Waals surface area contributed by atoms with E-state index in [2.05, 4.69) is 10.3 Å². The number of hydrogen-bond donors (Lipinski definition) is 1. The predicted molar refractivity (Wildman–Crippen MR) is 58.9 cm³/mol. The third-order valence-corrected chi connectivity index (χ3v) is 2.20. The molecule has 0 spiro atoms. The van der Waals surface area contributed by atoms with Gasteiger partial charge >= 0.3 is 0 Å². The number of carbonyl (C=O) groups is 1. The number of rotatable bonds is 3. The highest BCUT2D eigenvalue weighted by atomic mass is 16.3. The summed E-state index contributed by atoms with van der Waals surface area (Å²) in [6.07, 6.45) is 2.56. The molecule has 2 rings (SSSR count). The third-order valence-electron chi connectivity index (χ3n) is 2.20. The van der Waals surface area contributed by atoms with Gasteiger partial charge in [-0.2, -0.15) is 0 Å². The number of benzene rings is 1. The summed E-state index contributed by atoms with van der Waals surface area (Å²) in [5.74, 6) is -0.227. The summed E-state index contributed by atoms with van der Waals surface area (Å²) in [5.41, 5.74) is 2.54. The van der Waals surface area contributed by atoms with Crippen molar-refractivity contribution >= 4 is 5.91 Å². The molecule has 1 N–H and O–H groups in total. The Morgan fingerprint density at radius 2 is 2.38 bits per heavy atom. The number of carbonyl (C=O) groups excluding carboxylic acids is 1. The Morgan fingerprint density at radius 1 is 1.50 bits per heavy atom. The van der Waals surface area contributed by atoms with E-state index >= 15 is 0 Å². The standard InChI is InChI=1S/C12H12N2O2/c1-9-3-2-4-10(5-9)6-13-12(15)11-7-16-8-14-11/h2-5,7-8H,6H2,1H3,(H,13,15). The maximum absolute atomic E-state index is 11.5. The highest BCUT2D eigenvalue weighted by molar-refractivity contribution is 5.91. The molecule has 16 heavy (non-hydrogen) atoms. The lowest BCUT2D eigenvalue weighted by molar-refractivity contribution is 0.0946. The van der Waals surface area contributed by atoms with Gasteiger partial charge in [-0.25, -0.2) is 4.98 Å². The highest BCUT2D eigenvalue weighted by Gasteiger charge is 2.07. The van der Waals surface area contributed by atoms with Gasteiger partial charge in [-0.15, -0.1) is 0 Å². The van der Waals surface area contributed by atoms with Gasteiger partial charge in [0.25, 0.3) is 5.91 Å². The Kier molecular flexibility index (Phi) is 3.00. The van der Waals surface area contributed by atoms with Crippen LogP contribution in [0.3, 0.4) is 0 Å². The Hall–Kier alpha value is -2.10. The molecule has 0 fully saturated rings. The summed E-state index contributed by atoms with van der Waals surface area (Å²) >= 11 is 0. The number of nitrogens with zero attached hydrogens (tertiary/aromatic N) is 1. The minimum Gasteiger partial charge on any atom is -0.451 e. The minimum atomic E-state index is -0.227. The Morgan fingerprint density at radius 3 is 3.06 bits per heavy atom. The van der Waals surface area contributed by atoms with E-state index < -0.39 is 0 Å². The van der Waals surface area contributed by atoms with E-state index in [0.717, 1.165) is 5.56 Å². The molecule has 0 atom stereocenters. The Bertz CT molecular complexity index is 478. The predicted octanol–water partition coefficient (Wildman–Crippen LogP) is 1.91. The molecule has 82 valence electrons. The van der Waals surface area contributed by atoms with E-state index in [0.29, 0.717) is 12.2 Å². The van der Waals surface area contributed by atoms with Crippen molar-refractivity contribution in [3.8, 4) is 0 Å². The maximum Gasteiger partial charge on any atom is 0.273 e. The summed E-state index contributed by atoms with van der Waals surface area (Å²) in [4.78, 5) is 15.3. The molecule has 4 nitrogen and oxygen atoms in total. The van der Waals surface area contributed by atoms with E-state index in [4.69, 9.17) is 4.42 Å². The molecular weight excluding hydrogens is 204 g/mol. The summed E-state index contributed by atoms with van der Waals surface area (Å²) in [5, 5.41) is 2.77. The van der Waals surface area contributed by atoms with Crippen molar-refractivity contribution in [1.29, 1.82) is 0 Å². The van der Waals surface area contributed by atoms with Gasteiger partial charge in [0.15, 0.2) is 12.1 Å². The zero-order chi connectivity index (χ0) is 11.4. The smallest absolute Gasteiger partial charge is 0.273 e. The summed E-state index contributed by atoms with van der Waals surface area (Å²) in [6.45, 7) is 2.51. The fourth-order valence-corrected chi connectivity index (χ4v) is 1.42. The average Bonchev–Trinajstić information content (AvgIpc) is 2.79.